The fourth-order valence-corrected chi connectivity index (χ4v) is 2.82. The molecule has 1 saturated heterocycles. The minimum atomic E-state index is -0.749. The van der Waals surface area contributed by atoms with Crippen LogP contribution in [0.4, 0.5) is 0 Å². The SMILES string of the molecule is CC(=O)N1C[C@H](C(=O)O)[C@@H]2CC[C@H]1C2. The van der Waals surface area contributed by atoms with E-state index in [1.807, 2.05) is 0 Å². The third kappa shape index (κ3) is 1.38. The monoisotopic (exact) mass is 197 g/mol. The van der Waals surface area contributed by atoms with Crippen LogP contribution in [0.5, 0.6) is 0 Å². The molecule has 1 heterocycles. The van der Waals surface area contributed by atoms with Crippen molar-refractivity contribution in [2.75, 3.05) is 6.54 Å². The van der Waals surface area contributed by atoms with Crippen LogP contribution in [0.15, 0.2) is 0 Å². The molecule has 0 radical (unpaired) electrons. The Morgan fingerprint density at radius 1 is 1.36 bits per heavy atom. The summed E-state index contributed by atoms with van der Waals surface area (Å²) in [6.07, 6.45) is 2.83. The molecule has 2 fully saturated rings. The van der Waals surface area contributed by atoms with E-state index >= 15 is 0 Å². The number of likely N-dealkylation sites (tertiary alicyclic amines) is 1. The molecular formula is C10H15NO3. The maximum atomic E-state index is 11.3. The molecule has 0 aromatic carbocycles. The minimum absolute atomic E-state index is 0.0154. The number of hydrogen-bond acceptors (Lipinski definition) is 2. The third-order valence-corrected chi connectivity index (χ3v) is 3.57. The van der Waals surface area contributed by atoms with Crippen molar-refractivity contribution in [3.63, 3.8) is 0 Å². The number of carboxylic acids is 1. The van der Waals surface area contributed by atoms with Gasteiger partial charge in [-0.05, 0) is 25.2 Å². The molecule has 0 aromatic heterocycles. The largest absolute Gasteiger partial charge is 0.481 e. The van der Waals surface area contributed by atoms with Crippen LogP contribution < -0.4 is 0 Å². The van der Waals surface area contributed by atoms with Gasteiger partial charge in [-0.2, -0.15) is 0 Å². The molecule has 4 nitrogen and oxygen atoms in total. The molecule has 14 heavy (non-hydrogen) atoms. The Kier molecular flexibility index (Phi) is 2.21. The van der Waals surface area contributed by atoms with E-state index in [1.165, 1.54) is 6.92 Å². The maximum Gasteiger partial charge on any atom is 0.308 e. The van der Waals surface area contributed by atoms with Gasteiger partial charge in [0.2, 0.25) is 5.91 Å². The van der Waals surface area contributed by atoms with Gasteiger partial charge < -0.3 is 10.0 Å². The molecule has 1 amide bonds. The smallest absolute Gasteiger partial charge is 0.308 e. The molecule has 2 bridgehead atoms. The average molecular weight is 197 g/mol. The van der Waals surface area contributed by atoms with Crippen molar-refractivity contribution < 1.29 is 14.7 Å². The summed E-state index contributed by atoms with van der Waals surface area (Å²) in [5.41, 5.74) is 0. The van der Waals surface area contributed by atoms with Crippen LogP contribution in [-0.4, -0.2) is 34.5 Å². The third-order valence-electron chi connectivity index (χ3n) is 3.57. The number of carbonyl (C=O) groups is 2. The van der Waals surface area contributed by atoms with E-state index in [2.05, 4.69) is 0 Å². The number of hydrogen-bond donors (Lipinski definition) is 1. The molecule has 1 saturated carbocycles. The Hall–Kier alpha value is -1.06. The summed E-state index contributed by atoms with van der Waals surface area (Å²) in [6.45, 7) is 1.94. The number of piperidine rings is 1. The number of rotatable bonds is 1. The Morgan fingerprint density at radius 2 is 2.07 bits per heavy atom. The average Bonchev–Trinajstić information content (AvgIpc) is 2.48. The van der Waals surface area contributed by atoms with Crippen LogP contribution in [0.25, 0.3) is 0 Å². The summed E-state index contributed by atoms with van der Waals surface area (Å²) in [5, 5.41) is 9.02. The predicted octanol–water partition coefficient (Wildman–Crippen LogP) is 0.718. The first-order chi connectivity index (χ1) is 6.59. The summed E-state index contributed by atoms with van der Waals surface area (Å²) in [7, 11) is 0. The Labute approximate surface area is 82.9 Å². The van der Waals surface area contributed by atoms with Gasteiger partial charge in [0.15, 0.2) is 0 Å². The number of aliphatic carboxylic acids is 1. The summed E-state index contributed by atoms with van der Waals surface area (Å²) >= 11 is 0. The highest BCUT2D eigenvalue weighted by atomic mass is 16.4. The molecule has 78 valence electrons. The van der Waals surface area contributed by atoms with Gasteiger partial charge in [0.05, 0.1) is 5.92 Å². The molecule has 0 spiro atoms. The Morgan fingerprint density at radius 3 is 2.64 bits per heavy atom. The second-order valence-corrected chi connectivity index (χ2v) is 4.34. The fraction of sp³-hybridized carbons (Fsp3) is 0.800. The number of amides is 1. The fourth-order valence-electron chi connectivity index (χ4n) is 2.82. The number of fused-ring (bicyclic) bond motifs is 2. The summed E-state index contributed by atoms with van der Waals surface area (Å²) < 4.78 is 0. The van der Waals surface area contributed by atoms with Gasteiger partial charge in [-0.25, -0.2) is 0 Å². The van der Waals surface area contributed by atoms with Gasteiger partial charge in [0, 0.05) is 19.5 Å². The first-order valence-corrected chi connectivity index (χ1v) is 5.09. The lowest BCUT2D eigenvalue weighted by Crippen LogP contribution is -2.47. The van der Waals surface area contributed by atoms with Gasteiger partial charge in [0.25, 0.3) is 0 Å². The summed E-state index contributed by atoms with van der Waals surface area (Å²) in [4.78, 5) is 24.0. The van der Waals surface area contributed by atoms with E-state index in [0.29, 0.717) is 18.5 Å². The van der Waals surface area contributed by atoms with Gasteiger partial charge in [-0.3, -0.25) is 9.59 Å². The predicted molar refractivity (Wildman–Crippen MR) is 49.6 cm³/mol. The Balaban J connectivity index is 2.17. The number of carboxylic acid groups (broad SMARTS) is 1. The van der Waals surface area contributed by atoms with E-state index < -0.39 is 5.97 Å². The summed E-state index contributed by atoms with van der Waals surface area (Å²) in [6, 6.07) is 0.313. The highest BCUT2D eigenvalue weighted by Gasteiger charge is 2.44. The van der Waals surface area contributed by atoms with Crippen molar-refractivity contribution in [2.45, 2.75) is 32.2 Å². The number of carbonyl (C=O) groups excluding carboxylic acids is 1. The number of nitrogens with zero attached hydrogens (tertiary/aromatic N) is 1. The molecule has 0 unspecified atom stereocenters. The van der Waals surface area contributed by atoms with Crippen molar-refractivity contribution in [3.05, 3.63) is 0 Å². The van der Waals surface area contributed by atoms with Crippen molar-refractivity contribution in [2.24, 2.45) is 11.8 Å². The zero-order valence-corrected chi connectivity index (χ0v) is 8.27. The van der Waals surface area contributed by atoms with E-state index in [9.17, 15) is 9.59 Å². The lowest BCUT2D eigenvalue weighted by molar-refractivity contribution is -0.148. The van der Waals surface area contributed by atoms with E-state index in [0.717, 1.165) is 19.3 Å². The van der Waals surface area contributed by atoms with Crippen LogP contribution in [0.2, 0.25) is 0 Å². The van der Waals surface area contributed by atoms with E-state index in [-0.39, 0.29) is 11.8 Å². The zero-order valence-electron chi connectivity index (χ0n) is 8.27. The summed E-state index contributed by atoms with van der Waals surface area (Å²) in [5.74, 6) is -0.769. The molecule has 2 rings (SSSR count). The van der Waals surface area contributed by atoms with Crippen molar-refractivity contribution in [1.82, 2.24) is 4.90 Å². The normalized spacial score (nSPS) is 35.8. The zero-order chi connectivity index (χ0) is 10.3. The topological polar surface area (TPSA) is 57.6 Å². The van der Waals surface area contributed by atoms with Crippen LogP contribution in [-0.2, 0) is 9.59 Å². The van der Waals surface area contributed by atoms with Crippen molar-refractivity contribution >= 4 is 11.9 Å². The molecule has 0 aromatic rings. The van der Waals surface area contributed by atoms with Crippen LogP contribution in [0.3, 0.4) is 0 Å². The first-order valence-electron chi connectivity index (χ1n) is 5.09. The molecule has 2 aliphatic rings. The Bertz CT molecular complexity index is 251. The van der Waals surface area contributed by atoms with Gasteiger partial charge in [-0.1, -0.05) is 0 Å². The van der Waals surface area contributed by atoms with Gasteiger partial charge in [-0.15, -0.1) is 0 Å². The quantitative estimate of drug-likeness (QED) is 0.673. The standard InChI is InChI=1S/C10H15NO3/c1-6(12)11-5-9(10(13)14)7-2-3-8(11)4-7/h7-9H,2-5H2,1H3,(H,13,14)/t7-,8+,9+/m1/s1. The van der Waals surface area contributed by atoms with Crippen molar-refractivity contribution in [1.29, 1.82) is 0 Å². The highest BCUT2D eigenvalue weighted by molar-refractivity contribution is 5.76. The molecule has 4 heteroatoms. The lowest BCUT2D eigenvalue weighted by Gasteiger charge is -2.36. The molecule has 3 atom stereocenters. The first kappa shape index (κ1) is 9.49. The van der Waals surface area contributed by atoms with Crippen LogP contribution >= 0.6 is 0 Å². The van der Waals surface area contributed by atoms with Crippen LogP contribution in [0, 0.1) is 11.8 Å². The molecule has 1 aliphatic carbocycles. The maximum absolute atomic E-state index is 11.3. The second kappa shape index (κ2) is 3.26. The second-order valence-electron chi connectivity index (χ2n) is 4.34. The molecular weight excluding hydrogens is 182 g/mol. The van der Waals surface area contributed by atoms with Gasteiger partial charge in [0.1, 0.15) is 0 Å². The van der Waals surface area contributed by atoms with Crippen molar-refractivity contribution in [3.8, 4) is 0 Å². The van der Waals surface area contributed by atoms with Gasteiger partial charge >= 0.3 is 5.97 Å². The molecule has 1 aliphatic heterocycles. The molecule has 1 N–H and O–H groups in total. The highest BCUT2D eigenvalue weighted by Crippen LogP contribution is 2.40. The minimum Gasteiger partial charge on any atom is -0.481 e. The van der Waals surface area contributed by atoms with E-state index in [4.69, 9.17) is 5.11 Å². The van der Waals surface area contributed by atoms with E-state index in [1.54, 1.807) is 4.90 Å². The lowest BCUT2D eigenvalue weighted by atomic mass is 9.87. The van der Waals surface area contributed by atoms with Crippen LogP contribution in [0.1, 0.15) is 26.2 Å².